The van der Waals surface area contributed by atoms with Crippen molar-refractivity contribution in [3.63, 3.8) is 0 Å². The number of carbonyl (C=O) groups excluding carboxylic acids is 2. The minimum atomic E-state index is -4.43. The van der Waals surface area contributed by atoms with E-state index in [1.807, 2.05) is 0 Å². The largest absolute Gasteiger partial charge is 0.472 e. The van der Waals surface area contributed by atoms with Crippen molar-refractivity contribution >= 4 is 19.7 Å². The number of allylic oxidation sites excluding steroid dienone is 12. The number of phosphoric ester groups is 1. The molecule has 0 heterocycles. The van der Waals surface area contributed by atoms with Crippen molar-refractivity contribution in [1.29, 1.82) is 0 Å². The fourth-order valence-corrected chi connectivity index (χ4v) is 6.91. The summed E-state index contributed by atoms with van der Waals surface area (Å²) < 4.78 is 26.9. The molecule has 0 saturated carbocycles. The van der Waals surface area contributed by atoms with Crippen LogP contribution in [-0.2, 0) is 27.9 Å². The van der Waals surface area contributed by atoms with Gasteiger partial charge in [-0.05, 0) is 64.2 Å². The quantitative estimate of drug-likeness (QED) is 0.0239. The zero-order chi connectivity index (χ0) is 43.2. The molecule has 0 aromatic rings. The van der Waals surface area contributed by atoms with Gasteiger partial charge in [0.05, 0.1) is 13.2 Å². The molecule has 0 spiro atoms. The summed E-state index contributed by atoms with van der Waals surface area (Å²) >= 11 is 0. The maximum absolute atomic E-state index is 12.1. The van der Waals surface area contributed by atoms with Crippen LogP contribution in [-0.4, -0.2) is 54.3 Å². The van der Waals surface area contributed by atoms with Crippen LogP contribution in [0.5, 0.6) is 0 Å². The number of amides is 1. The summed E-state index contributed by atoms with van der Waals surface area (Å²) in [6.07, 6.45) is 55.5. The maximum Gasteiger partial charge on any atom is 0.472 e. The van der Waals surface area contributed by atoms with Gasteiger partial charge < -0.3 is 20.1 Å². The molecular formula is C49H86NO8P. The van der Waals surface area contributed by atoms with Crippen molar-refractivity contribution in [2.24, 2.45) is 0 Å². The van der Waals surface area contributed by atoms with Gasteiger partial charge in [-0.15, -0.1) is 0 Å². The number of hydrogen-bond donors (Lipinski definition) is 3. The van der Waals surface area contributed by atoms with E-state index in [4.69, 9.17) is 13.8 Å². The van der Waals surface area contributed by atoms with E-state index < -0.39 is 26.5 Å². The Hall–Kier alpha value is -2.55. The first-order chi connectivity index (χ1) is 28.8. The van der Waals surface area contributed by atoms with E-state index in [0.717, 1.165) is 70.6 Å². The smallest absolute Gasteiger partial charge is 0.463 e. The minimum absolute atomic E-state index is 0.0754. The third-order valence-corrected chi connectivity index (χ3v) is 10.6. The fourth-order valence-electron chi connectivity index (χ4n) is 6.15. The Balaban J connectivity index is 3.67. The molecule has 0 aliphatic rings. The monoisotopic (exact) mass is 848 g/mol. The number of aliphatic hydroxyl groups excluding tert-OH is 1. The van der Waals surface area contributed by atoms with Crippen molar-refractivity contribution < 1.29 is 37.9 Å². The summed E-state index contributed by atoms with van der Waals surface area (Å²) in [6, 6.07) is 0. The average Bonchev–Trinajstić information content (AvgIpc) is 3.22. The molecule has 2 unspecified atom stereocenters. The number of ether oxygens (including phenoxy) is 1. The van der Waals surface area contributed by atoms with E-state index in [2.05, 4.69) is 92.1 Å². The lowest BCUT2D eigenvalue weighted by Crippen LogP contribution is -2.27. The van der Waals surface area contributed by atoms with Gasteiger partial charge in [0.15, 0.2) is 0 Å². The van der Waals surface area contributed by atoms with Gasteiger partial charge >= 0.3 is 13.8 Å². The van der Waals surface area contributed by atoms with Crippen molar-refractivity contribution in [2.75, 3.05) is 26.4 Å². The lowest BCUT2D eigenvalue weighted by Gasteiger charge is -2.15. The molecule has 0 bridgehead atoms. The number of aliphatic hydroxyl groups is 1. The normalized spacial score (nSPS) is 13.9. The number of phosphoric acid groups is 1. The fraction of sp³-hybridized carbons (Fsp3) is 0.714. The Morgan fingerprint density at radius 2 is 0.966 bits per heavy atom. The molecule has 1 amide bonds. The van der Waals surface area contributed by atoms with Crippen LogP contribution in [0.25, 0.3) is 0 Å². The van der Waals surface area contributed by atoms with Gasteiger partial charge in [-0.3, -0.25) is 18.6 Å². The van der Waals surface area contributed by atoms with Crippen molar-refractivity contribution in [3.8, 4) is 0 Å². The first kappa shape index (κ1) is 56.5. The van der Waals surface area contributed by atoms with Gasteiger partial charge in [-0.2, -0.15) is 0 Å². The zero-order valence-electron chi connectivity index (χ0n) is 37.4. The molecule has 0 fully saturated rings. The van der Waals surface area contributed by atoms with Crippen molar-refractivity contribution in [1.82, 2.24) is 5.32 Å². The lowest BCUT2D eigenvalue weighted by atomic mass is 10.0. The average molecular weight is 848 g/mol. The molecule has 9 nitrogen and oxygen atoms in total. The molecule has 0 aromatic carbocycles. The first-order valence-corrected chi connectivity index (χ1v) is 24.9. The number of rotatable bonds is 43. The highest BCUT2D eigenvalue weighted by Gasteiger charge is 2.23. The van der Waals surface area contributed by atoms with E-state index in [9.17, 15) is 24.2 Å². The standard InChI is InChI=1S/C49H86NO8P/c1-3-5-7-9-11-13-15-17-19-21-22-23-24-26-28-30-32-34-36-38-40-42-49(53)56-45-47(51)46-58-59(54,55)57-44-43-50-48(52)41-39-37-35-33-31-29-27-25-20-18-16-14-12-10-8-6-4-2/h5,7,11,13,17,19,22-23,26,28,32,34,47,51H,3-4,6,8-10,12,14-16,18,20-21,24-25,27,29-31,33,35-46H2,1-2H3,(H,50,52)(H,54,55)/b7-5-,13-11-,19-17-,23-22-,28-26-,34-32-. The summed E-state index contributed by atoms with van der Waals surface area (Å²) in [4.78, 5) is 34.0. The van der Waals surface area contributed by atoms with E-state index in [1.54, 1.807) is 0 Å². The van der Waals surface area contributed by atoms with Crippen LogP contribution < -0.4 is 5.32 Å². The van der Waals surface area contributed by atoms with E-state index in [-0.39, 0.29) is 32.1 Å². The van der Waals surface area contributed by atoms with Gasteiger partial charge in [0.2, 0.25) is 5.91 Å². The Kier molecular flexibility index (Phi) is 43.0. The van der Waals surface area contributed by atoms with Gasteiger partial charge in [-0.25, -0.2) is 4.57 Å². The highest BCUT2D eigenvalue weighted by Crippen LogP contribution is 2.42. The van der Waals surface area contributed by atoms with Crippen LogP contribution in [0.15, 0.2) is 72.9 Å². The number of nitrogens with one attached hydrogen (secondary N) is 1. The molecule has 2 atom stereocenters. The molecule has 340 valence electrons. The van der Waals surface area contributed by atoms with E-state index >= 15 is 0 Å². The summed E-state index contributed by atoms with van der Waals surface area (Å²) in [5, 5.41) is 12.7. The van der Waals surface area contributed by atoms with Crippen LogP contribution in [0.2, 0.25) is 0 Å². The highest BCUT2D eigenvalue weighted by atomic mass is 31.2. The van der Waals surface area contributed by atoms with Crippen LogP contribution in [0, 0.1) is 0 Å². The summed E-state index contributed by atoms with van der Waals surface area (Å²) in [6.45, 7) is 3.40. The lowest BCUT2D eigenvalue weighted by molar-refractivity contribution is -0.147. The third kappa shape index (κ3) is 46.4. The number of carbonyl (C=O) groups is 2. The summed E-state index contributed by atoms with van der Waals surface area (Å²) in [5.74, 6) is -0.560. The van der Waals surface area contributed by atoms with Gasteiger partial charge in [0.1, 0.15) is 12.7 Å². The van der Waals surface area contributed by atoms with Gasteiger partial charge in [-0.1, -0.05) is 189 Å². The number of hydrogen-bond acceptors (Lipinski definition) is 7. The van der Waals surface area contributed by atoms with Gasteiger partial charge in [0, 0.05) is 19.4 Å². The predicted molar refractivity (Wildman–Crippen MR) is 247 cm³/mol. The molecule has 0 saturated heterocycles. The van der Waals surface area contributed by atoms with E-state index in [0.29, 0.717) is 12.8 Å². The molecule has 3 N–H and O–H groups in total. The van der Waals surface area contributed by atoms with Crippen LogP contribution in [0.1, 0.15) is 194 Å². The Labute approximate surface area is 360 Å². The third-order valence-electron chi connectivity index (χ3n) is 9.65. The second-order valence-electron chi connectivity index (χ2n) is 15.4. The highest BCUT2D eigenvalue weighted by molar-refractivity contribution is 7.47. The molecular weight excluding hydrogens is 762 g/mol. The SMILES string of the molecule is CC/C=C\C/C=C\C/C=C\C/C=C\C/C=C\C/C=C\CCCCC(=O)OCC(O)COP(=O)(O)OCCNC(=O)CCCCCCCCCCCCCCCCCCC. The predicted octanol–water partition coefficient (Wildman–Crippen LogP) is 13.4. The van der Waals surface area contributed by atoms with Crippen LogP contribution in [0.3, 0.4) is 0 Å². The molecule has 0 rings (SSSR count). The molecule has 10 heteroatoms. The maximum atomic E-state index is 12.1. The molecule has 0 aromatic heterocycles. The second-order valence-corrected chi connectivity index (χ2v) is 16.8. The topological polar surface area (TPSA) is 131 Å². The Bertz CT molecular complexity index is 1190. The Morgan fingerprint density at radius 3 is 1.44 bits per heavy atom. The Morgan fingerprint density at radius 1 is 0.542 bits per heavy atom. The summed E-state index contributed by atoms with van der Waals surface area (Å²) in [5.41, 5.74) is 0. The van der Waals surface area contributed by atoms with Crippen molar-refractivity contribution in [2.45, 2.75) is 200 Å². The number of esters is 1. The van der Waals surface area contributed by atoms with Crippen LogP contribution >= 0.6 is 7.82 Å². The molecule has 0 aliphatic carbocycles. The van der Waals surface area contributed by atoms with Crippen LogP contribution in [0.4, 0.5) is 0 Å². The first-order valence-electron chi connectivity index (χ1n) is 23.4. The zero-order valence-corrected chi connectivity index (χ0v) is 38.3. The van der Waals surface area contributed by atoms with Gasteiger partial charge in [0.25, 0.3) is 0 Å². The minimum Gasteiger partial charge on any atom is -0.463 e. The second kappa shape index (κ2) is 45.0. The van der Waals surface area contributed by atoms with Crippen molar-refractivity contribution in [3.05, 3.63) is 72.9 Å². The molecule has 0 radical (unpaired) electrons. The number of unbranched alkanes of at least 4 members (excludes halogenated alkanes) is 18. The summed E-state index contributed by atoms with van der Waals surface area (Å²) in [7, 11) is -4.43. The molecule has 59 heavy (non-hydrogen) atoms. The molecule has 0 aliphatic heterocycles. The van der Waals surface area contributed by atoms with E-state index in [1.165, 1.54) is 89.9 Å².